The third kappa shape index (κ3) is 3.75. The monoisotopic (exact) mass is 297 g/mol. The van der Waals surface area contributed by atoms with Gasteiger partial charge in [0.1, 0.15) is 0 Å². The Morgan fingerprint density at radius 2 is 2.11 bits per heavy atom. The van der Waals surface area contributed by atoms with Gasteiger partial charge in [0.25, 0.3) is 5.91 Å². The SMILES string of the molecule is CC(Cc1ccoc1)NC(=O)c1ccc(Cl)c(Cl)c1. The Labute approximate surface area is 121 Å². The molecule has 0 spiro atoms. The molecule has 0 fully saturated rings. The smallest absolute Gasteiger partial charge is 0.251 e. The zero-order valence-corrected chi connectivity index (χ0v) is 11.8. The van der Waals surface area contributed by atoms with Crippen LogP contribution in [0.25, 0.3) is 0 Å². The number of furan rings is 1. The van der Waals surface area contributed by atoms with Crippen LogP contribution in [0.1, 0.15) is 22.8 Å². The maximum absolute atomic E-state index is 12.0. The molecule has 19 heavy (non-hydrogen) atoms. The zero-order chi connectivity index (χ0) is 13.8. The van der Waals surface area contributed by atoms with E-state index in [1.54, 1.807) is 30.7 Å². The Morgan fingerprint density at radius 3 is 2.74 bits per heavy atom. The third-order valence-corrected chi connectivity index (χ3v) is 3.42. The predicted molar refractivity (Wildman–Crippen MR) is 75.8 cm³/mol. The highest BCUT2D eigenvalue weighted by Crippen LogP contribution is 2.22. The van der Waals surface area contributed by atoms with Gasteiger partial charge in [-0.25, -0.2) is 0 Å². The summed E-state index contributed by atoms with van der Waals surface area (Å²) in [5.41, 5.74) is 1.54. The van der Waals surface area contributed by atoms with Crippen molar-refractivity contribution in [3.8, 4) is 0 Å². The van der Waals surface area contributed by atoms with Crippen molar-refractivity contribution in [2.45, 2.75) is 19.4 Å². The quantitative estimate of drug-likeness (QED) is 0.928. The standard InChI is InChI=1S/C14H13Cl2NO2/c1-9(6-10-4-5-19-8-10)17-14(18)11-2-3-12(15)13(16)7-11/h2-5,7-9H,6H2,1H3,(H,17,18). The van der Waals surface area contributed by atoms with Gasteiger partial charge in [0.2, 0.25) is 0 Å². The molecule has 0 bridgehead atoms. The minimum Gasteiger partial charge on any atom is -0.472 e. The molecule has 1 atom stereocenters. The molecule has 5 heteroatoms. The van der Waals surface area contributed by atoms with Crippen molar-refractivity contribution in [3.05, 3.63) is 58.0 Å². The molecule has 0 saturated heterocycles. The second-order valence-electron chi connectivity index (χ2n) is 4.34. The summed E-state index contributed by atoms with van der Waals surface area (Å²) in [5, 5.41) is 3.71. The molecule has 0 saturated carbocycles. The van der Waals surface area contributed by atoms with E-state index in [1.807, 2.05) is 13.0 Å². The minimum absolute atomic E-state index is 0.000413. The molecule has 0 aliphatic rings. The molecule has 0 aliphatic heterocycles. The molecular formula is C14H13Cl2NO2. The van der Waals surface area contributed by atoms with Gasteiger partial charge in [-0.1, -0.05) is 23.2 Å². The molecule has 0 aliphatic carbocycles. The molecule has 2 aromatic rings. The topological polar surface area (TPSA) is 42.2 Å². The lowest BCUT2D eigenvalue weighted by atomic mass is 10.1. The second kappa shape index (κ2) is 6.13. The van der Waals surface area contributed by atoms with Crippen LogP contribution in [-0.2, 0) is 6.42 Å². The summed E-state index contributed by atoms with van der Waals surface area (Å²) in [6, 6.07) is 6.69. The van der Waals surface area contributed by atoms with E-state index >= 15 is 0 Å². The molecule has 1 unspecified atom stereocenters. The molecule has 1 aromatic carbocycles. The summed E-state index contributed by atoms with van der Waals surface area (Å²) in [5.74, 6) is -0.172. The molecule has 2 rings (SSSR count). The Hall–Kier alpha value is -1.45. The van der Waals surface area contributed by atoms with Crippen LogP contribution in [0.3, 0.4) is 0 Å². The van der Waals surface area contributed by atoms with Gasteiger partial charge in [0.15, 0.2) is 0 Å². The maximum atomic E-state index is 12.0. The van der Waals surface area contributed by atoms with Gasteiger partial charge in [-0.2, -0.15) is 0 Å². The first-order chi connectivity index (χ1) is 9.06. The van der Waals surface area contributed by atoms with Crippen LogP contribution in [-0.4, -0.2) is 11.9 Å². The van der Waals surface area contributed by atoms with Crippen LogP contribution in [0.4, 0.5) is 0 Å². The highest BCUT2D eigenvalue weighted by molar-refractivity contribution is 6.42. The van der Waals surface area contributed by atoms with Crippen molar-refractivity contribution in [2.75, 3.05) is 0 Å². The van der Waals surface area contributed by atoms with Crippen LogP contribution >= 0.6 is 23.2 Å². The summed E-state index contributed by atoms with van der Waals surface area (Å²) >= 11 is 11.7. The van der Waals surface area contributed by atoms with E-state index in [4.69, 9.17) is 27.6 Å². The van der Waals surface area contributed by atoms with E-state index in [2.05, 4.69) is 5.32 Å². The number of amides is 1. The van der Waals surface area contributed by atoms with Crippen molar-refractivity contribution in [1.82, 2.24) is 5.32 Å². The zero-order valence-electron chi connectivity index (χ0n) is 10.3. The van der Waals surface area contributed by atoms with Crippen molar-refractivity contribution < 1.29 is 9.21 Å². The molecule has 1 heterocycles. The van der Waals surface area contributed by atoms with E-state index in [0.29, 0.717) is 22.0 Å². The number of hydrogen-bond acceptors (Lipinski definition) is 2. The van der Waals surface area contributed by atoms with Gasteiger partial charge >= 0.3 is 0 Å². The van der Waals surface area contributed by atoms with Crippen molar-refractivity contribution in [2.24, 2.45) is 0 Å². The van der Waals surface area contributed by atoms with Crippen LogP contribution in [0, 0.1) is 0 Å². The van der Waals surface area contributed by atoms with Crippen LogP contribution in [0.2, 0.25) is 10.0 Å². The van der Waals surface area contributed by atoms with Gasteiger partial charge in [0.05, 0.1) is 22.6 Å². The molecule has 0 radical (unpaired) electrons. The summed E-state index contributed by atoms with van der Waals surface area (Å²) in [6.07, 6.45) is 3.99. The number of carbonyl (C=O) groups excluding carboxylic acids is 1. The minimum atomic E-state index is -0.172. The van der Waals surface area contributed by atoms with Crippen LogP contribution < -0.4 is 5.32 Å². The van der Waals surface area contributed by atoms with Gasteiger partial charge < -0.3 is 9.73 Å². The van der Waals surface area contributed by atoms with Gasteiger partial charge in [0, 0.05) is 11.6 Å². The lowest BCUT2D eigenvalue weighted by molar-refractivity contribution is 0.0940. The number of rotatable bonds is 4. The summed E-state index contributed by atoms with van der Waals surface area (Å²) in [6.45, 7) is 1.93. The van der Waals surface area contributed by atoms with Crippen molar-refractivity contribution in [3.63, 3.8) is 0 Å². The molecule has 100 valence electrons. The van der Waals surface area contributed by atoms with Crippen LogP contribution in [0.5, 0.6) is 0 Å². The Kier molecular flexibility index (Phi) is 4.51. The van der Waals surface area contributed by atoms with E-state index < -0.39 is 0 Å². The van der Waals surface area contributed by atoms with Crippen molar-refractivity contribution >= 4 is 29.1 Å². The molecule has 1 N–H and O–H groups in total. The number of carbonyl (C=O) groups is 1. The lowest BCUT2D eigenvalue weighted by Gasteiger charge is -2.13. The Balaban J connectivity index is 1.98. The number of benzene rings is 1. The van der Waals surface area contributed by atoms with Crippen molar-refractivity contribution in [1.29, 1.82) is 0 Å². The van der Waals surface area contributed by atoms with E-state index in [9.17, 15) is 4.79 Å². The summed E-state index contributed by atoms with van der Waals surface area (Å²) < 4.78 is 4.99. The predicted octanol–water partition coefficient (Wildman–Crippen LogP) is 3.95. The number of nitrogens with one attached hydrogen (secondary N) is 1. The van der Waals surface area contributed by atoms with Gasteiger partial charge in [-0.3, -0.25) is 4.79 Å². The first kappa shape index (κ1) is 14.0. The first-order valence-corrected chi connectivity index (χ1v) is 6.59. The van der Waals surface area contributed by atoms with E-state index in [0.717, 1.165) is 5.56 Å². The molecule has 1 amide bonds. The molecular weight excluding hydrogens is 285 g/mol. The normalized spacial score (nSPS) is 12.2. The average molecular weight is 298 g/mol. The fourth-order valence-corrected chi connectivity index (χ4v) is 2.06. The van der Waals surface area contributed by atoms with Gasteiger partial charge in [-0.05, 0) is 43.2 Å². The number of hydrogen-bond donors (Lipinski definition) is 1. The second-order valence-corrected chi connectivity index (χ2v) is 5.15. The fraction of sp³-hybridized carbons (Fsp3) is 0.214. The maximum Gasteiger partial charge on any atom is 0.251 e. The van der Waals surface area contributed by atoms with Gasteiger partial charge in [-0.15, -0.1) is 0 Å². The summed E-state index contributed by atoms with van der Waals surface area (Å²) in [4.78, 5) is 12.0. The van der Waals surface area contributed by atoms with E-state index in [1.165, 1.54) is 0 Å². The largest absolute Gasteiger partial charge is 0.472 e. The molecule has 3 nitrogen and oxygen atoms in total. The number of halogens is 2. The highest BCUT2D eigenvalue weighted by atomic mass is 35.5. The molecule has 1 aromatic heterocycles. The van der Waals surface area contributed by atoms with E-state index in [-0.39, 0.29) is 11.9 Å². The van der Waals surface area contributed by atoms with Crippen LogP contribution in [0.15, 0.2) is 41.2 Å². The Bertz CT molecular complexity index is 567. The first-order valence-electron chi connectivity index (χ1n) is 5.83. The fourth-order valence-electron chi connectivity index (χ4n) is 1.76. The highest BCUT2D eigenvalue weighted by Gasteiger charge is 2.12. The lowest BCUT2D eigenvalue weighted by Crippen LogP contribution is -2.33. The third-order valence-electron chi connectivity index (χ3n) is 2.68. The summed E-state index contributed by atoms with van der Waals surface area (Å²) in [7, 11) is 0. The Morgan fingerprint density at radius 1 is 1.32 bits per heavy atom. The average Bonchev–Trinajstić information content (AvgIpc) is 2.85.